The number of hydrogen-bond acceptors (Lipinski definition) is 3. The van der Waals surface area contributed by atoms with Gasteiger partial charge in [-0.2, -0.15) is 13.5 Å². The van der Waals surface area contributed by atoms with Crippen molar-refractivity contribution in [3.63, 3.8) is 0 Å². The number of carbonyl (C=O) groups is 2. The summed E-state index contributed by atoms with van der Waals surface area (Å²) in [6.45, 7) is 10.1. The van der Waals surface area contributed by atoms with Gasteiger partial charge in [-0.3, -0.25) is 9.59 Å². The first kappa shape index (κ1) is 27.9. The van der Waals surface area contributed by atoms with Gasteiger partial charge in [0.05, 0.1) is 12.8 Å². The van der Waals surface area contributed by atoms with E-state index in [0.29, 0.717) is 0 Å². The topological polar surface area (TPSA) is 77.8 Å². The molecule has 0 aliphatic carbocycles. The summed E-state index contributed by atoms with van der Waals surface area (Å²) in [7, 11) is 0. The molecule has 0 fully saturated rings. The maximum Gasteiger partial charge on any atom is 0.307 e. The largest absolute Gasteiger partial charge is 0.481 e. The number of carboxylic acid groups (broad SMARTS) is 2. The fraction of sp³-hybridized carbons (Fsp3) is 0.364. The Morgan fingerprint density at radius 3 is 1.14 bits per heavy atom. The molecular formula is C22H33NO4S. The number of nitrogens with zero attached hydrogens (tertiary/aromatic N) is 1. The molecule has 0 saturated heterocycles. The SMILES string of the molecule is CCN(CC)CC.O=C(O)Cc1ccccc1.O=C(O)Cc1ccccc1.S. The van der Waals surface area contributed by atoms with E-state index in [1.807, 2.05) is 36.4 Å². The van der Waals surface area contributed by atoms with E-state index in [9.17, 15) is 9.59 Å². The van der Waals surface area contributed by atoms with Gasteiger partial charge in [0.1, 0.15) is 0 Å². The molecule has 156 valence electrons. The van der Waals surface area contributed by atoms with Crippen molar-refractivity contribution in [1.82, 2.24) is 4.90 Å². The molecule has 5 nitrogen and oxygen atoms in total. The van der Waals surface area contributed by atoms with Gasteiger partial charge in [-0.1, -0.05) is 81.4 Å². The number of hydrogen-bond donors (Lipinski definition) is 2. The smallest absolute Gasteiger partial charge is 0.307 e. The lowest BCUT2D eigenvalue weighted by atomic mass is 10.2. The lowest BCUT2D eigenvalue weighted by Crippen LogP contribution is -2.21. The van der Waals surface area contributed by atoms with Crippen molar-refractivity contribution >= 4 is 25.4 Å². The van der Waals surface area contributed by atoms with E-state index < -0.39 is 11.9 Å². The summed E-state index contributed by atoms with van der Waals surface area (Å²) in [5.41, 5.74) is 1.69. The van der Waals surface area contributed by atoms with E-state index in [2.05, 4.69) is 25.7 Å². The fourth-order valence-electron chi connectivity index (χ4n) is 2.21. The monoisotopic (exact) mass is 407 g/mol. The summed E-state index contributed by atoms with van der Waals surface area (Å²) in [5.74, 6) is -1.57. The second kappa shape index (κ2) is 18.1. The molecule has 6 heteroatoms. The van der Waals surface area contributed by atoms with E-state index in [1.165, 1.54) is 19.6 Å². The second-order valence-electron chi connectivity index (χ2n) is 5.73. The zero-order valence-electron chi connectivity index (χ0n) is 17.0. The highest BCUT2D eigenvalue weighted by atomic mass is 32.1. The third-order valence-corrected chi connectivity index (χ3v) is 3.74. The molecule has 0 amide bonds. The van der Waals surface area contributed by atoms with Crippen LogP contribution in [0.15, 0.2) is 60.7 Å². The molecule has 2 aromatic carbocycles. The second-order valence-corrected chi connectivity index (χ2v) is 5.73. The highest BCUT2D eigenvalue weighted by Crippen LogP contribution is 1.99. The first-order valence-corrected chi connectivity index (χ1v) is 9.16. The van der Waals surface area contributed by atoms with Gasteiger partial charge in [-0.25, -0.2) is 0 Å². The van der Waals surface area contributed by atoms with Crippen LogP contribution in [0.25, 0.3) is 0 Å². The molecule has 2 N–H and O–H groups in total. The van der Waals surface area contributed by atoms with Gasteiger partial charge in [0.25, 0.3) is 0 Å². The van der Waals surface area contributed by atoms with Crippen LogP contribution in [0.3, 0.4) is 0 Å². The summed E-state index contributed by atoms with van der Waals surface area (Å²) < 4.78 is 0. The fourth-order valence-corrected chi connectivity index (χ4v) is 2.21. The van der Waals surface area contributed by atoms with Gasteiger partial charge >= 0.3 is 11.9 Å². The zero-order valence-corrected chi connectivity index (χ0v) is 18.0. The van der Waals surface area contributed by atoms with Gasteiger partial charge in [-0.15, -0.1) is 0 Å². The summed E-state index contributed by atoms with van der Waals surface area (Å²) >= 11 is 0. The Balaban J connectivity index is 0. The average molecular weight is 408 g/mol. The van der Waals surface area contributed by atoms with Crippen molar-refractivity contribution in [2.75, 3.05) is 19.6 Å². The lowest BCUT2D eigenvalue weighted by molar-refractivity contribution is -0.137. The lowest BCUT2D eigenvalue weighted by Gasteiger charge is -2.13. The maximum atomic E-state index is 10.2. The first-order chi connectivity index (χ1) is 12.9. The van der Waals surface area contributed by atoms with Crippen LogP contribution in [0.5, 0.6) is 0 Å². The minimum Gasteiger partial charge on any atom is -0.481 e. The molecular weight excluding hydrogens is 374 g/mol. The highest BCUT2D eigenvalue weighted by molar-refractivity contribution is 7.59. The molecule has 28 heavy (non-hydrogen) atoms. The Morgan fingerprint density at radius 1 is 0.679 bits per heavy atom. The summed E-state index contributed by atoms with van der Waals surface area (Å²) in [6, 6.07) is 18.3. The van der Waals surface area contributed by atoms with Crippen LogP contribution in [0.2, 0.25) is 0 Å². The van der Waals surface area contributed by atoms with Crippen LogP contribution in [0.1, 0.15) is 31.9 Å². The molecule has 0 atom stereocenters. The molecule has 2 rings (SSSR count). The summed E-state index contributed by atoms with van der Waals surface area (Å²) in [5, 5.41) is 16.7. The van der Waals surface area contributed by atoms with Crippen LogP contribution in [0, 0.1) is 0 Å². The third-order valence-electron chi connectivity index (χ3n) is 3.74. The number of rotatable bonds is 7. The van der Waals surface area contributed by atoms with Gasteiger partial charge < -0.3 is 15.1 Å². The van der Waals surface area contributed by atoms with Crippen molar-refractivity contribution in [1.29, 1.82) is 0 Å². The van der Waals surface area contributed by atoms with Crippen molar-refractivity contribution in [2.24, 2.45) is 0 Å². The minimum absolute atomic E-state index is 0. The van der Waals surface area contributed by atoms with Crippen molar-refractivity contribution in [3.05, 3.63) is 71.8 Å². The Labute approximate surface area is 175 Å². The Morgan fingerprint density at radius 2 is 0.964 bits per heavy atom. The Kier molecular flexibility index (Phi) is 18.0. The molecule has 0 aliphatic heterocycles. The molecule has 0 unspecified atom stereocenters. The van der Waals surface area contributed by atoms with Crippen LogP contribution in [-0.4, -0.2) is 46.7 Å². The Hall–Kier alpha value is -2.31. The third kappa shape index (κ3) is 15.9. The van der Waals surface area contributed by atoms with E-state index in [4.69, 9.17) is 10.2 Å². The number of aliphatic carboxylic acids is 2. The predicted molar refractivity (Wildman–Crippen MR) is 119 cm³/mol. The van der Waals surface area contributed by atoms with Crippen molar-refractivity contribution < 1.29 is 19.8 Å². The first-order valence-electron chi connectivity index (χ1n) is 9.16. The van der Waals surface area contributed by atoms with E-state index in [1.54, 1.807) is 24.3 Å². The van der Waals surface area contributed by atoms with Crippen LogP contribution < -0.4 is 0 Å². The number of carboxylic acids is 2. The standard InChI is InChI=1S/2C8H8O2.C6H15N.H2S/c2*9-8(10)6-7-4-2-1-3-5-7;1-4-7(5-2)6-3;/h2*1-5H,6H2,(H,9,10);4-6H2,1-3H3;1H2. The molecule has 0 saturated carbocycles. The van der Waals surface area contributed by atoms with Crippen LogP contribution in [-0.2, 0) is 22.4 Å². The predicted octanol–water partition coefficient (Wildman–Crippen LogP) is 4.09. The van der Waals surface area contributed by atoms with Gasteiger partial charge in [0.2, 0.25) is 0 Å². The normalized spacial score (nSPS) is 9.14. The van der Waals surface area contributed by atoms with Crippen molar-refractivity contribution in [3.8, 4) is 0 Å². The minimum atomic E-state index is -0.786. The van der Waals surface area contributed by atoms with Crippen LogP contribution in [0.4, 0.5) is 0 Å². The maximum absolute atomic E-state index is 10.2. The van der Waals surface area contributed by atoms with Gasteiger partial charge in [0.15, 0.2) is 0 Å². The quantitative estimate of drug-likeness (QED) is 0.723. The molecule has 0 radical (unpaired) electrons. The molecule has 0 spiro atoms. The molecule has 0 heterocycles. The Bertz CT molecular complexity index is 574. The van der Waals surface area contributed by atoms with Gasteiger partial charge in [0, 0.05) is 0 Å². The molecule has 0 bridgehead atoms. The molecule has 0 aromatic heterocycles. The number of benzene rings is 2. The summed E-state index contributed by atoms with van der Waals surface area (Å²) in [6.07, 6.45) is 0.224. The average Bonchev–Trinajstić information content (AvgIpc) is 2.65. The summed E-state index contributed by atoms with van der Waals surface area (Å²) in [4.78, 5) is 22.7. The molecule has 0 aliphatic rings. The van der Waals surface area contributed by atoms with E-state index in [-0.39, 0.29) is 26.3 Å². The van der Waals surface area contributed by atoms with Gasteiger partial charge in [-0.05, 0) is 30.8 Å². The molecule has 2 aromatic rings. The highest BCUT2D eigenvalue weighted by Gasteiger charge is 1.97. The van der Waals surface area contributed by atoms with E-state index in [0.717, 1.165) is 11.1 Å². The zero-order chi connectivity index (χ0) is 20.5. The van der Waals surface area contributed by atoms with Crippen molar-refractivity contribution in [2.45, 2.75) is 33.6 Å². The van der Waals surface area contributed by atoms with Crippen LogP contribution >= 0.6 is 13.5 Å². The van der Waals surface area contributed by atoms with E-state index >= 15 is 0 Å².